The average molecular weight is 186 g/mol. The number of hydrogen-bond acceptors (Lipinski definition) is 1. The summed E-state index contributed by atoms with van der Waals surface area (Å²) in [5.74, 6) is 0. The van der Waals surface area contributed by atoms with E-state index in [0.29, 0.717) is 6.61 Å². The molecule has 2 aromatic rings. The summed E-state index contributed by atoms with van der Waals surface area (Å²) < 4.78 is 5.16. The molecule has 0 fully saturated rings. The molecule has 0 spiro atoms. The fourth-order valence-corrected chi connectivity index (χ4v) is 1.71. The van der Waals surface area contributed by atoms with Gasteiger partial charge in [-0.15, -0.1) is 0 Å². The normalized spacial score (nSPS) is 10.7. The summed E-state index contributed by atoms with van der Waals surface area (Å²) in [5, 5.41) is 2.58. The van der Waals surface area contributed by atoms with E-state index in [2.05, 4.69) is 43.3 Å². The minimum absolute atomic E-state index is 0.691. The number of ether oxygens (including phenoxy) is 1. The van der Waals surface area contributed by atoms with Gasteiger partial charge in [-0.2, -0.15) is 0 Å². The molecule has 0 heterocycles. The van der Waals surface area contributed by atoms with E-state index in [4.69, 9.17) is 4.74 Å². The van der Waals surface area contributed by atoms with Crippen LogP contribution in [0.25, 0.3) is 10.8 Å². The molecule has 0 aliphatic rings. The summed E-state index contributed by atoms with van der Waals surface area (Å²) in [6.45, 7) is 2.82. The Morgan fingerprint density at radius 3 is 2.36 bits per heavy atom. The van der Waals surface area contributed by atoms with Crippen LogP contribution in [0, 0.1) is 6.92 Å². The van der Waals surface area contributed by atoms with Gasteiger partial charge in [0, 0.05) is 7.11 Å². The standard InChI is InChI=1S/C13H14O/c1-10-7-11-5-3-4-6-12(11)8-13(10)9-14-2/h3-8H,9H2,1-2H3. The van der Waals surface area contributed by atoms with Crippen molar-refractivity contribution >= 4 is 10.8 Å². The van der Waals surface area contributed by atoms with Crippen LogP contribution in [0.2, 0.25) is 0 Å². The first-order valence-electron chi connectivity index (χ1n) is 4.78. The topological polar surface area (TPSA) is 9.23 Å². The number of methoxy groups -OCH3 is 1. The van der Waals surface area contributed by atoms with Crippen LogP contribution in [0.3, 0.4) is 0 Å². The van der Waals surface area contributed by atoms with Gasteiger partial charge in [0.15, 0.2) is 0 Å². The largest absolute Gasteiger partial charge is 0.380 e. The summed E-state index contributed by atoms with van der Waals surface area (Å²) in [7, 11) is 1.73. The summed E-state index contributed by atoms with van der Waals surface area (Å²) in [6.07, 6.45) is 0. The number of hydrogen-bond donors (Lipinski definition) is 0. The second kappa shape index (κ2) is 3.81. The Kier molecular flexibility index (Phi) is 2.51. The van der Waals surface area contributed by atoms with Crippen LogP contribution in [0.4, 0.5) is 0 Å². The van der Waals surface area contributed by atoms with Crippen molar-refractivity contribution in [3.05, 3.63) is 47.5 Å². The van der Waals surface area contributed by atoms with Crippen molar-refractivity contribution in [2.45, 2.75) is 13.5 Å². The van der Waals surface area contributed by atoms with Crippen LogP contribution in [0.1, 0.15) is 11.1 Å². The Morgan fingerprint density at radius 1 is 1.07 bits per heavy atom. The third-order valence-corrected chi connectivity index (χ3v) is 2.50. The van der Waals surface area contributed by atoms with Gasteiger partial charge in [-0.05, 0) is 34.9 Å². The number of rotatable bonds is 2. The molecule has 1 heteroatoms. The summed E-state index contributed by atoms with van der Waals surface area (Å²) in [6, 6.07) is 12.8. The van der Waals surface area contributed by atoms with Crippen molar-refractivity contribution in [3.8, 4) is 0 Å². The van der Waals surface area contributed by atoms with Gasteiger partial charge in [-0.25, -0.2) is 0 Å². The van der Waals surface area contributed by atoms with E-state index in [9.17, 15) is 0 Å². The van der Waals surface area contributed by atoms with Gasteiger partial charge in [0.2, 0.25) is 0 Å². The first-order valence-corrected chi connectivity index (χ1v) is 4.78. The van der Waals surface area contributed by atoms with Gasteiger partial charge in [0.05, 0.1) is 6.61 Å². The molecule has 72 valence electrons. The fraction of sp³-hybridized carbons (Fsp3) is 0.231. The summed E-state index contributed by atoms with van der Waals surface area (Å²) >= 11 is 0. The lowest BCUT2D eigenvalue weighted by Gasteiger charge is -2.06. The Balaban J connectivity index is 2.59. The quantitative estimate of drug-likeness (QED) is 0.699. The van der Waals surface area contributed by atoms with E-state index in [1.165, 1.54) is 21.9 Å². The predicted molar refractivity (Wildman–Crippen MR) is 59.4 cm³/mol. The lowest BCUT2D eigenvalue weighted by atomic mass is 10.0. The molecule has 0 N–H and O–H groups in total. The highest BCUT2D eigenvalue weighted by Crippen LogP contribution is 2.19. The molecule has 0 bridgehead atoms. The molecule has 0 aliphatic carbocycles. The van der Waals surface area contributed by atoms with Crippen LogP contribution in [-0.4, -0.2) is 7.11 Å². The van der Waals surface area contributed by atoms with E-state index in [1.54, 1.807) is 7.11 Å². The minimum Gasteiger partial charge on any atom is -0.380 e. The Bertz CT molecular complexity index is 446. The van der Waals surface area contributed by atoms with Crippen molar-refractivity contribution in [2.75, 3.05) is 7.11 Å². The van der Waals surface area contributed by atoms with Gasteiger partial charge >= 0.3 is 0 Å². The van der Waals surface area contributed by atoms with Crippen LogP contribution in [0.15, 0.2) is 36.4 Å². The molecular formula is C13H14O. The van der Waals surface area contributed by atoms with E-state index >= 15 is 0 Å². The van der Waals surface area contributed by atoms with E-state index in [0.717, 1.165) is 0 Å². The molecule has 2 rings (SSSR count). The molecule has 0 aliphatic heterocycles. The number of aryl methyl sites for hydroxylation is 1. The monoisotopic (exact) mass is 186 g/mol. The van der Waals surface area contributed by atoms with Crippen molar-refractivity contribution in [1.29, 1.82) is 0 Å². The van der Waals surface area contributed by atoms with E-state index in [-0.39, 0.29) is 0 Å². The highest BCUT2D eigenvalue weighted by molar-refractivity contribution is 5.83. The molecule has 0 unspecified atom stereocenters. The minimum atomic E-state index is 0.691. The molecule has 1 nitrogen and oxygen atoms in total. The molecule has 2 aromatic carbocycles. The number of benzene rings is 2. The van der Waals surface area contributed by atoms with Gasteiger partial charge < -0.3 is 4.74 Å². The maximum absolute atomic E-state index is 5.16. The average Bonchev–Trinajstić information content (AvgIpc) is 2.19. The SMILES string of the molecule is COCc1cc2ccccc2cc1C. The highest BCUT2D eigenvalue weighted by Gasteiger charge is 2.00. The summed E-state index contributed by atoms with van der Waals surface area (Å²) in [4.78, 5) is 0. The maximum atomic E-state index is 5.16. The Hall–Kier alpha value is -1.34. The van der Waals surface area contributed by atoms with Crippen LogP contribution in [0.5, 0.6) is 0 Å². The van der Waals surface area contributed by atoms with E-state index in [1.807, 2.05) is 0 Å². The Morgan fingerprint density at radius 2 is 1.71 bits per heavy atom. The molecule has 0 aromatic heterocycles. The van der Waals surface area contributed by atoms with Gasteiger partial charge in [0.1, 0.15) is 0 Å². The van der Waals surface area contributed by atoms with Gasteiger partial charge in [-0.3, -0.25) is 0 Å². The van der Waals surface area contributed by atoms with E-state index < -0.39 is 0 Å². The first-order chi connectivity index (χ1) is 6.81. The lowest BCUT2D eigenvalue weighted by molar-refractivity contribution is 0.184. The highest BCUT2D eigenvalue weighted by atomic mass is 16.5. The molecule has 0 atom stereocenters. The molecule has 14 heavy (non-hydrogen) atoms. The fourth-order valence-electron chi connectivity index (χ4n) is 1.71. The first kappa shape index (κ1) is 9.22. The van der Waals surface area contributed by atoms with Crippen molar-refractivity contribution in [2.24, 2.45) is 0 Å². The van der Waals surface area contributed by atoms with Crippen LogP contribution >= 0.6 is 0 Å². The van der Waals surface area contributed by atoms with Gasteiger partial charge in [-0.1, -0.05) is 30.3 Å². The molecule has 0 radical (unpaired) electrons. The van der Waals surface area contributed by atoms with Crippen molar-refractivity contribution in [3.63, 3.8) is 0 Å². The zero-order valence-electron chi connectivity index (χ0n) is 8.58. The third kappa shape index (κ3) is 1.64. The molecule has 0 saturated heterocycles. The van der Waals surface area contributed by atoms with Crippen LogP contribution in [-0.2, 0) is 11.3 Å². The third-order valence-electron chi connectivity index (χ3n) is 2.50. The molecule has 0 saturated carbocycles. The number of fused-ring (bicyclic) bond motifs is 1. The maximum Gasteiger partial charge on any atom is 0.0715 e. The lowest BCUT2D eigenvalue weighted by Crippen LogP contribution is -1.91. The van der Waals surface area contributed by atoms with Crippen LogP contribution < -0.4 is 0 Å². The second-order valence-electron chi connectivity index (χ2n) is 3.56. The van der Waals surface area contributed by atoms with Gasteiger partial charge in [0.25, 0.3) is 0 Å². The van der Waals surface area contributed by atoms with Crippen molar-refractivity contribution < 1.29 is 4.74 Å². The second-order valence-corrected chi connectivity index (χ2v) is 3.56. The zero-order valence-corrected chi connectivity index (χ0v) is 8.58. The summed E-state index contributed by atoms with van der Waals surface area (Å²) in [5.41, 5.74) is 2.57. The molecular weight excluding hydrogens is 172 g/mol. The predicted octanol–water partition coefficient (Wildman–Crippen LogP) is 3.29. The zero-order chi connectivity index (χ0) is 9.97. The Labute approximate surface area is 84.3 Å². The van der Waals surface area contributed by atoms with Crippen molar-refractivity contribution in [1.82, 2.24) is 0 Å². The smallest absolute Gasteiger partial charge is 0.0715 e. The molecule has 0 amide bonds.